The van der Waals surface area contributed by atoms with Crippen molar-refractivity contribution in [1.29, 1.82) is 0 Å². The highest BCUT2D eigenvalue weighted by atomic mass is 35.5. The molecule has 0 N–H and O–H groups in total. The van der Waals surface area contributed by atoms with Gasteiger partial charge in [0, 0.05) is 48.8 Å². The molecule has 1 aromatic heterocycles. The molecule has 1 aliphatic rings. The molecule has 1 atom stereocenters. The fraction of sp³-hybridized carbons (Fsp3) is 0.273. The molecule has 0 aliphatic carbocycles. The van der Waals surface area contributed by atoms with Crippen LogP contribution in [-0.2, 0) is 0 Å². The maximum Gasteiger partial charge on any atom is 0.273 e. The molecule has 1 saturated heterocycles. The van der Waals surface area contributed by atoms with E-state index in [1.54, 1.807) is 6.20 Å². The first-order chi connectivity index (χ1) is 13.1. The average molecular weight is 380 g/mol. The molecule has 0 radical (unpaired) electrons. The van der Waals surface area contributed by atoms with Crippen molar-refractivity contribution in [2.45, 2.75) is 13.0 Å². The van der Waals surface area contributed by atoms with Crippen molar-refractivity contribution in [3.05, 3.63) is 77.1 Å². The number of rotatable bonds is 3. The van der Waals surface area contributed by atoms with E-state index in [9.17, 15) is 4.79 Å². The summed E-state index contributed by atoms with van der Waals surface area (Å²) in [7, 11) is 0. The van der Waals surface area contributed by atoms with Crippen LogP contribution in [0.2, 0.25) is 5.02 Å². The fourth-order valence-corrected chi connectivity index (χ4v) is 4.06. The van der Waals surface area contributed by atoms with Gasteiger partial charge in [-0.1, -0.05) is 54.1 Å². The number of carbonyl (C=O) groups excluding carboxylic acids is 1. The summed E-state index contributed by atoms with van der Waals surface area (Å²) in [5, 5.41) is 2.75. The molecule has 138 valence electrons. The predicted molar refractivity (Wildman–Crippen MR) is 109 cm³/mol. The monoisotopic (exact) mass is 379 g/mol. The maximum absolute atomic E-state index is 13.0. The van der Waals surface area contributed by atoms with E-state index in [4.69, 9.17) is 11.6 Å². The minimum absolute atomic E-state index is 0.0110. The highest BCUT2D eigenvalue weighted by Crippen LogP contribution is 2.28. The predicted octanol–water partition coefficient (Wildman–Crippen LogP) is 4.41. The van der Waals surface area contributed by atoms with Crippen LogP contribution in [0.1, 0.15) is 29.0 Å². The van der Waals surface area contributed by atoms with Gasteiger partial charge in [0.1, 0.15) is 5.69 Å². The normalized spacial score (nSPS) is 16.4. The van der Waals surface area contributed by atoms with Gasteiger partial charge in [-0.05, 0) is 30.0 Å². The minimum atomic E-state index is 0.0110. The maximum atomic E-state index is 13.0. The van der Waals surface area contributed by atoms with Crippen molar-refractivity contribution in [1.82, 2.24) is 14.8 Å². The van der Waals surface area contributed by atoms with Crippen molar-refractivity contribution in [3.8, 4) is 0 Å². The molecule has 4 rings (SSSR count). The lowest BCUT2D eigenvalue weighted by atomic mass is 10.1. The first-order valence-electron chi connectivity index (χ1n) is 9.26. The Balaban J connectivity index is 1.47. The van der Waals surface area contributed by atoms with Gasteiger partial charge in [-0.15, -0.1) is 0 Å². The number of halogens is 1. The lowest BCUT2D eigenvalue weighted by molar-refractivity contribution is 0.0579. The van der Waals surface area contributed by atoms with Gasteiger partial charge in [-0.2, -0.15) is 0 Å². The SMILES string of the molecule is CC(c1ccccc1Cl)N1CCN(C(=O)c2nccc3ccccc23)CC1. The molecule has 1 aliphatic heterocycles. The van der Waals surface area contributed by atoms with Gasteiger partial charge in [0.25, 0.3) is 5.91 Å². The number of fused-ring (bicyclic) bond motifs is 1. The summed E-state index contributed by atoms with van der Waals surface area (Å²) in [6.45, 7) is 5.20. The molecule has 2 heterocycles. The zero-order valence-corrected chi connectivity index (χ0v) is 16.1. The quantitative estimate of drug-likeness (QED) is 0.676. The number of nitrogens with zero attached hydrogens (tertiary/aromatic N) is 3. The molecule has 0 spiro atoms. The highest BCUT2D eigenvalue weighted by Gasteiger charge is 2.27. The molecule has 0 bridgehead atoms. The summed E-state index contributed by atoms with van der Waals surface area (Å²) >= 11 is 6.35. The van der Waals surface area contributed by atoms with E-state index in [1.807, 2.05) is 53.4 Å². The number of pyridine rings is 1. The zero-order valence-electron chi connectivity index (χ0n) is 15.3. The van der Waals surface area contributed by atoms with Gasteiger partial charge in [-0.3, -0.25) is 14.7 Å². The summed E-state index contributed by atoms with van der Waals surface area (Å²) in [5.41, 5.74) is 1.68. The molecule has 3 aromatic rings. The van der Waals surface area contributed by atoms with Crippen LogP contribution in [0, 0.1) is 0 Å². The third-order valence-corrected chi connectivity index (χ3v) is 5.72. The van der Waals surface area contributed by atoms with Gasteiger partial charge in [0.05, 0.1) is 0 Å². The Kier molecular flexibility index (Phi) is 5.10. The standard InChI is InChI=1S/C22H22ClN3O/c1-16(18-7-4-5-9-20(18)23)25-12-14-26(15-13-25)22(27)21-19-8-3-2-6-17(19)10-11-24-21/h2-11,16H,12-15H2,1H3. The van der Waals surface area contributed by atoms with E-state index < -0.39 is 0 Å². The molecule has 1 amide bonds. The van der Waals surface area contributed by atoms with Crippen LogP contribution in [0.25, 0.3) is 10.8 Å². The van der Waals surface area contributed by atoms with Crippen LogP contribution in [-0.4, -0.2) is 46.9 Å². The largest absolute Gasteiger partial charge is 0.335 e. The van der Waals surface area contributed by atoms with Gasteiger partial charge in [0.15, 0.2) is 0 Å². The topological polar surface area (TPSA) is 36.4 Å². The van der Waals surface area contributed by atoms with E-state index in [2.05, 4.69) is 22.9 Å². The van der Waals surface area contributed by atoms with Crippen molar-refractivity contribution >= 4 is 28.3 Å². The Morgan fingerprint density at radius 2 is 1.70 bits per heavy atom. The lowest BCUT2D eigenvalue weighted by Crippen LogP contribution is -2.49. The first kappa shape index (κ1) is 18.0. The summed E-state index contributed by atoms with van der Waals surface area (Å²) in [5.74, 6) is 0.0110. The molecular formula is C22H22ClN3O. The average Bonchev–Trinajstić information content (AvgIpc) is 2.73. The van der Waals surface area contributed by atoms with Crippen LogP contribution in [0.4, 0.5) is 0 Å². The van der Waals surface area contributed by atoms with Crippen LogP contribution in [0.5, 0.6) is 0 Å². The molecule has 1 fully saturated rings. The van der Waals surface area contributed by atoms with Gasteiger partial charge >= 0.3 is 0 Å². The number of hydrogen-bond donors (Lipinski definition) is 0. The number of amides is 1. The molecule has 2 aromatic carbocycles. The van der Waals surface area contributed by atoms with E-state index in [-0.39, 0.29) is 11.9 Å². The van der Waals surface area contributed by atoms with Crippen molar-refractivity contribution in [3.63, 3.8) is 0 Å². The van der Waals surface area contributed by atoms with Gasteiger partial charge in [-0.25, -0.2) is 0 Å². The van der Waals surface area contributed by atoms with Crippen LogP contribution >= 0.6 is 11.6 Å². The Hall–Kier alpha value is -2.43. The molecule has 5 heteroatoms. The second-order valence-corrected chi connectivity index (χ2v) is 7.31. The second kappa shape index (κ2) is 7.67. The van der Waals surface area contributed by atoms with Gasteiger partial charge in [0.2, 0.25) is 0 Å². The zero-order chi connectivity index (χ0) is 18.8. The number of aromatic nitrogens is 1. The second-order valence-electron chi connectivity index (χ2n) is 6.91. The third-order valence-electron chi connectivity index (χ3n) is 5.38. The minimum Gasteiger partial charge on any atom is -0.335 e. The number of benzene rings is 2. The van der Waals surface area contributed by atoms with Gasteiger partial charge < -0.3 is 4.90 Å². The molecular weight excluding hydrogens is 358 g/mol. The molecule has 27 heavy (non-hydrogen) atoms. The lowest BCUT2D eigenvalue weighted by Gasteiger charge is -2.38. The van der Waals surface area contributed by atoms with Crippen LogP contribution in [0.15, 0.2) is 60.8 Å². The van der Waals surface area contributed by atoms with Crippen LogP contribution in [0.3, 0.4) is 0 Å². The van der Waals surface area contributed by atoms with E-state index >= 15 is 0 Å². The van der Waals surface area contributed by atoms with E-state index in [0.717, 1.165) is 34.4 Å². The Morgan fingerprint density at radius 3 is 2.48 bits per heavy atom. The smallest absolute Gasteiger partial charge is 0.273 e. The summed E-state index contributed by atoms with van der Waals surface area (Å²) in [4.78, 5) is 21.7. The van der Waals surface area contributed by atoms with E-state index in [1.165, 1.54) is 0 Å². The van der Waals surface area contributed by atoms with Crippen molar-refractivity contribution in [2.75, 3.05) is 26.2 Å². The molecule has 0 saturated carbocycles. The van der Waals surface area contributed by atoms with Crippen molar-refractivity contribution < 1.29 is 4.79 Å². The summed E-state index contributed by atoms with van der Waals surface area (Å²) in [6.07, 6.45) is 1.71. The third kappa shape index (κ3) is 3.55. The fourth-order valence-electron chi connectivity index (χ4n) is 3.76. The van der Waals surface area contributed by atoms with E-state index in [0.29, 0.717) is 18.8 Å². The number of carbonyl (C=O) groups is 1. The van der Waals surface area contributed by atoms with Crippen LogP contribution < -0.4 is 0 Å². The highest BCUT2D eigenvalue weighted by molar-refractivity contribution is 6.31. The Bertz CT molecular complexity index is 961. The summed E-state index contributed by atoms with van der Waals surface area (Å²) < 4.78 is 0. The van der Waals surface area contributed by atoms with Crippen molar-refractivity contribution in [2.24, 2.45) is 0 Å². The molecule has 4 nitrogen and oxygen atoms in total. The number of hydrogen-bond acceptors (Lipinski definition) is 3. The Labute approximate surface area is 164 Å². The number of piperazine rings is 1. The first-order valence-corrected chi connectivity index (χ1v) is 9.64. The summed E-state index contributed by atoms with van der Waals surface area (Å²) in [6, 6.07) is 18.0. The molecule has 1 unspecified atom stereocenters. The Morgan fingerprint density at radius 1 is 1.00 bits per heavy atom.